The van der Waals surface area contributed by atoms with Gasteiger partial charge >= 0.3 is 6.72 Å². The van der Waals surface area contributed by atoms with Crippen molar-refractivity contribution in [2.45, 2.75) is 24.1 Å². The van der Waals surface area contributed by atoms with Gasteiger partial charge in [0.1, 0.15) is 0 Å². The molecule has 0 aromatic rings. The maximum atomic E-state index is 9.76. The summed E-state index contributed by atoms with van der Waals surface area (Å²) in [5.41, 5.74) is 0. The Bertz CT molecular complexity index is 263. The van der Waals surface area contributed by atoms with Crippen LogP contribution >= 0.6 is 41.5 Å². The van der Waals surface area contributed by atoms with Crippen molar-refractivity contribution in [2.75, 3.05) is 18.1 Å². The first kappa shape index (κ1) is 17.5. The van der Waals surface area contributed by atoms with Crippen molar-refractivity contribution < 1.29 is 19.3 Å². The van der Waals surface area contributed by atoms with Gasteiger partial charge in [0.15, 0.2) is 3.79 Å². The van der Waals surface area contributed by atoms with Crippen LogP contribution in [0.1, 0.15) is 20.3 Å². The molecule has 0 bridgehead atoms. The number of hydrogen-bond donors (Lipinski definition) is 2. The molecular weight excluding hydrogens is 317 g/mol. The summed E-state index contributed by atoms with van der Waals surface area (Å²) in [6, 6.07) is 0. The molecule has 100 valence electrons. The van der Waals surface area contributed by atoms with E-state index < -0.39 is 20.6 Å². The van der Waals surface area contributed by atoms with Crippen molar-refractivity contribution in [3.05, 3.63) is 0 Å². The zero-order chi connectivity index (χ0) is 12.8. The molecule has 0 saturated heterocycles. The smallest absolute Gasteiger partial charge is 0.309 e. The lowest BCUT2D eigenvalue weighted by molar-refractivity contribution is -0.209. The lowest BCUT2D eigenvalue weighted by atomic mass is 10.6. The van der Waals surface area contributed by atoms with Gasteiger partial charge < -0.3 is 9.79 Å². The second kappa shape index (κ2) is 7.82. The maximum absolute atomic E-state index is 9.76. The minimum absolute atomic E-state index is 0.0410. The van der Waals surface area contributed by atoms with Crippen molar-refractivity contribution in [3.63, 3.8) is 0 Å². The van der Waals surface area contributed by atoms with Gasteiger partial charge in [0, 0.05) is 5.75 Å². The predicted octanol–water partition coefficient (Wildman–Crippen LogP) is 3.02. The Morgan fingerprint density at radius 3 is 2.19 bits per heavy atom. The van der Waals surface area contributed by atoms with Crippen LogP contribution in [0.2, 0.25) is 0 Å². The topological polar surface area (TPSA) is 58.9 Å². The Morgan fingerprint density at radius 2 is 1.81 bits per heavy atom. The van der Waals surface area contributed by atoms with Gasteiger partial charge in [0.05, 0.1) is 6.61 Å². The van der Waals surface area contributed by atoms with E-state index in [0.29, 0.717) is 5.75 Å². The first-order valence-corrected chi connectivity index (χ1v) is 9.55. The molecule has 4 nitrogen and oxygen atoms in total. The molecule has 1 unspecified atom stereocenters. The SMILES string of the molecule is CCCS(CC(Cl)(Cl)Cl)=P(O)(O)OOCC. The van der Waals surface area contributed by atoms with Crippen LogP contribution in [0.25, 0.3) is 0 Å². The summed E-state index contributed by atoms with van der Waals surface area (Å²) in [6.07, 6.45) is 0.738. The van der Waals surface area contributed by atoms with Gasteiger partial charge in [0.25, 0.3) is 0 Å². The van der Waals surface area contributed by atoms with Crippen LogP contribution in [0.4, 0.5) is 0 Å². The van der Waals surface area contributed by atoms with E-state index in [4.69, 9.17) is 34.8 Å². The van der Waals surface area contributed by atoms with E-state index in [1.165, 1.54) is 0 Å². The summed E-state index contributed by atoms with van der Waals surface area (Å²) < 4.78 is 3.07. The van der Waals surface area contributed by atoms with E-state index in [1.54, 1.807) is 6.92 Å². The maximum Gasteiger partial charge on any atom is 0.309 e. The largest absolute Gasteiger partial charge is 0.327 e. The van der Waals surface area contributed by atoms with E-state index in [1.807, 2.05) is 6.92 Å². The summed E-state index contributed by atoms with van der Waals surface area (Å²) in [5.74, 6) is 0.557. The molecule has 9 heteroatoms. The third kappa shape index (κ3) is 7.75. The summed E-state index contributed by atoms with van der Waals surface area (Å²) in [4.78, 5) is 24.1. The molecule has 0 fully saturated rings. The van der Waals surface area contributed by atoms with E-state index in [9.17, 15) is 9.79 Å². The average Bonchev–Trinajstić information content (AvgIpc) is 2.12. The highest BCUT2D eigenvalue weighted by atomic mass is 35.6. The van der Waals surface area contributed by atoms with Gasteiger partial charge in [-0.2, -0.15) is 4.67 Å². The quantitative estimate of drug-likeness (QED) is 0.339. The minimum Gasteiger partial charge on any atom is -0.327 e. The monoisotopic (exact) mass is 332 g/mol. The van der Waals surface area contributed by atoms with Gasteiger partial charge in [-0.15, -0.1) is 10.1 Å². The first-order chi connectivity index (χ1) is 7.23. The Balaban J connectivity index is 4.88. The van der Waals surface area contributed by atoms with Crippen LogP contribution in [0.15, 0.2) is 0 Å². The highest BCUT2D eigenvalue weighted by Gasteiger charge is 2.27. The molecular formula is C7H16Cl3O4PS. The Labute approximate surface area is 113 Å². The highest BCUT2D eigenvalue weighted by molar-refractivity contribution is 8.27. The Kier molecular flexibility index (Phi) is 8.55. The second-order valence-electron chi connectivity index (χ2n) is 2.90. The van der Waals surface area contributed by atoms with Crippen LogP contribution in [0.3, 0.4) is 0 Å². The molecule has 0 aliphatic carbocycles. The fraction of sp³-hybridized carbons (Fsp3) is 1.00. The molecule has 0 heterocycles. The summed E-state index contributed by atoms with van der Waals surface area (Å²) in [5, 5.41) is 0. The fourth-order valence-corrected chi connectivity index (χ4v) is 7.20. The lowest BCUT2D eigenvalue weighted by Gasteiger charge is -2.21. The van der Waals surface area contributed by atoms with Crippen molar-refractivity contribution in [3.8, 4) is 0 Å². The summed E-state index contributed by atoms with van der Waals surface area (Å²) >= 11 is 16.9. The molecule has 2 N–H and O–H groups in total. The zero-order valence-corrected chi connectivity index (χ0v) is 13.0. The Hall–Kier alpha value is 1.49. The molecule has 0 aliphatic heterocycles. The molecule has 0 radical (unpaired) electrons. The van der Waals surface area contributed by atoms with Crippen molar-refractivity contribution >= 4 is 51.6 Å². The lowest BCUT2D eigenvalue weighted by Crippen LogP contribution is -2.18. The van der Waals surface area contributed by atoms with E-state index in [0.717, 1.165) is 6.42 Å². The molecule has 0 aromatic heterocycles. The van der Waals surface area contributed by atoms with Crippen LogP contribution in [0.5, 0.6) is 0 Å². The van der Waals surface area contributed by atoms with Crippen LogP contribution in [0, 0.1) is 0 Å². The third-order valence-corrected chi connectivity index (χ3v) is 8.00. The van der Waals surface area contributed by atoms with E-state index >= 15 is 0 Å². The van der Waals surface area contributed by atoms with Crippen molar-refractivity contribution in [2.24, 2.45) is 0 Å². The van der Waals surface area contributed by atoms with Crippen molar-refractivity contribution in [1.29, 1.82) is 0 Å². The molecule has 1 atom stereocenters. The van der Waals surface area contributed by atoms with Crippen molar-refractivity contribution in [1.82, 2.24) is 0 Å². The third-order valence-electron chi connectivity index (χ3n) is 1.37. The number of hydrogen-bond acceptors (Lipinski definition) is 2. The molecule has 0 rings (SSSR count). The number of alkyl halides is 3. The summed E-state index contributed by atoms with van der Waals surface area (Å²) in [6.45, 7) is 0.168. The standard InChI is InChI=1S/C7H16Cl3O4PS/c1-3-5-16(6-7(8,9)10)15(11,12)14-13-4-2/h11-12H,3-6H2,1-2H3. The molecule has 0 spiro atoms. The zero-order valence-electron chi connectivity index (χ0n) is 9.03. The Morgan fingerprint density at radius 1 is 1.25 bits per heavy atom. The van der Waals surface area contributed by atoms with Gasteiger partial charge in [-0.1, -0.05) is 41.7 Å². The van der Waals surface area contributed by atoms with Crippen LogP contribution in [-0.4, -0.2) is 31.7 Å². The van der Waals surface area contributed by atoms with E-state index in [-0.39, 0.29) is 12.4 Å². The second-order valence-corrected chi connectivity index (χ2v) is 11.1. The normalized spacial score (nSPS) is 15.2. The molecule has 0 aromatic carbocycles. The number of rotatable bonds is 6. The molecule has 0 aliphatic rings. The average molecular weight is 334 g/mol. The van der Waals surface area contributed by atoms with Gasteiger partial charge in [-0.05, 0) is 19.1 Å². The summed E-state index contributed by atoms with van der Waals surface area (Å²) in [7, 11) is -0.927. The fourth-order valence-electron chi connectivity index (χ4n) is 0.864. The highest BCUT2D eigenvalue weighted by Crippen LogP contribution is 2.46. The van der Waals surface area contributed by atoms with E-state index in [2.05, 4.69) is 9.56 Å². The predicted molar refractivity (Wildman–Crippen MR) is 71.7 cm³/mol. The van der Waals surface area contributed by atoms with Gasteiger partial charge in [-0.25, -0.2) is 4.89 Å². The first-order valence-electron chi connectivity index (χ1n) is 4.63. The molecule has 0 amide bonds. The van der Waals surface area contributed by atoms with Crippen LogP contribution < -0.4 is 0 Å². The molecule has 0 saturated carbocycles. The molecule has 16 heavy (non-hydrogen) atoms. The number of halogens is 3. The van der Waals surface area contributed by atoms with Gasteiger partial charge in [0.2, 0.25) is 0 Å². The van der Waals surface area contributed by atoms with Gasteiger partial charge in [-0.3, -0.25) is 0 Å². The van der Waals surface area contributed by atoms with Crippen LogP contribution in [-0.2, 0) is 19.6 Å². The minimum atomic E-state index is -3.63.